The lowest BCUT2D eigenvalue weighted by atomic mass is 10.2. The van der Waals surface area contributed by atoms with Gasteiger partial charge in [-0.1, -0.05) is 17.7 Å². The van der Waals surface area contributed by atoms with Crippen LogP contribution in [0.1, 0.15) is 19.4 Å². The van der Waals surface area contributed by atoms with Crippen molar-refractivity contribution < 1.29 is 13.9 Å². The molecule has 22 heavy (non-hydrogen) atoms. The summed E-state index contributed by atoms with van der Waals surface area (Å²) in [5.41, 5.74) is 0.798. The molecule has 6 heteroatoms. The second-order valence-corrected chi connectivity index (χ2v) is 5.41. The summed E-state index contributed by atoms with van der Waals surface area (Å²) in [7, 11) is 1.62. The molecule has 0 aliphatic carbocycles. The van der Waals surface area contributed by atoms with Crippen LogP contribution in [0.25, 0.3) is 0 Å². The molecule has 0 atom stereocenters. The molecule has 0 heterocycles. The zero-order valence-electron chi connectivity index (χ0n) is 13.4. The van der Waals surface area contributed by atoms with Gasteiger partial charge in [-0.3, -0.25) is 9.69 Å². The van der Waals surface area contributed by atoms with Gasteiger partial charge in [0.1, 0.15) is 5.82 Å². The molecule has 1 aromatic carbocycles. The minimum atomic E-state index is -0.364. The molecule has 1 amide bonds. The highest BCUT2D eigenvalue weighted by molar-refractivity contribution is 6.31. The number of rotatable bonds is 9. The zero-order chi connectivity index (χ0) is 16.5. The monoisotopic (exact) mass is 330 g/mol. The maximum Gasteiger partial charge on any atom is 0.236 e. The van der Waals surface area contributed by atoms with Crippen LogP contribution in [0.3, 0.4) is 0 Å². The number of hydrogen-bond donors (Lipinski definition) is 0. The fraction of sp³-hybridized carbons (Fsp3) is 0.562. The van der Waals surface area contributed by atoms with Gasteiger partial charge in [-0.2, -0.15) is 0 Å². The van der Waals surface area contributed by atoms with E-state index in [9.17, 15) is 9.18 Å². The smallest absolute Gasteiger partial charge is 0.236 e. The zero-order valence-corrected chi connectivity index (χ0v) is 14.2. The summed E-state index contributed by atoms with van der Waals surface area (Å²) in [6.07, 6.45) is 0. The van der Waals surface area contributed by atoms with Crippen molar-refractivity contribution in [2.24, 2.45) is 0 Å². The van der Waals surface area contributed by atoms with Crippen LogP contribution in [-0.4, -0.2) is 55.6 Å². The highest BCUT2D eigenvalue weighted by Gasteiger charge is 2.16. The summed E-state index contributed by atoms with van der Waals surface area (Å²) < 4.78 is 18.2. The Balaban J connectivity index is 2.77. The molecule has 1 rings (SSSR count). The summed E-state index contributed by atoms with van der Waals surface area (Å²) in [5.74, 6) is -0.296. The maximum absolute atomic E-state index is 13.1. The van der Waals surface area contributed by atoms with E-state index in [2.05, 4.69) is 0 Å². The number of halogens is 2. The lowest BCUT2D eigenvalue weighted by Gasteiger charge is -2.26. The Hall–Kier alpha value is -1.17. The molecule has 0 aliphatic rings. The van der Waals surface area contributed by atoms with Crippen molar-refractivity contribution in [2.75, 3.05) is 39.9 Å². The summed E-state index contributed by atoms with van der Waals surface area (Å²) in [5, 5.41) is 0.373. The molecule has 0 bridgehead atoms. The average Bonchev–Trinajstić information content (AvgIpc) is 2.48. The van der Waals surface area contributed by atoms with E-state index < -0.39 is 0 Å². The summed E-state index contributed by atoms with van der Waals surface area (Å²) in [6.45, 7) is 7.18. The van der Waals surface area contributed by atoms with Crippen LogP contribution in [0.15, 0.2) is 18.2 Å². The topological polar surface area (TPSA) is 32.8 Å². The molecule has 4 nitrogen and oxygen atoms in total. The predicted octanol–water partition coefficient (Wildman–Crippen LogP) is 2.80. The third-order valence-corrected chi connectivity index (χ3v) is 3.85. The molecular formula is C16H24ClFN2O2. The molecular weight excluding hydrogens is 307 g/mol. The van der Waals surface area contributed by atoms with Crippen molar-refractivity contribution >= 4 is 17.5 Å². The van der Waals surface area contributed by atoms with Crippen molar-refractivity contribution in [3.05, 3.63) is 34.6 Å². The van der Waals surface area contributed by atoms with E-state index >= 15 is 0 Å². The van der Waals surface area contributed by atoms with Crippen LogP contribution in [0.2, 0.25) is 5.02 Å². The normalized spacial score (nSPS) is 11.0. The average molecular weight is 331 g/mol. The number of carbonyl (C=O) groups is 1. The first kappa shape index (κ1) is 18.9. The lowest BCUT2D eigenvalue weighted by molar-refractivity contribution is -0.132. The van der Waals surface area contributed by atoms with Crippen molar-refractivity contribution in [2.45, 2.75) is 20.4 Å². The Kier molecular flexibility index (Phi) is 8.38. The summed E-state index contributed by atoms with van der Waals surface area (Å²) in [6, 6.07) is 4.32. The van der Waals surface area contributed by atoms with Gasteiger partial charge >= 0.3 is 0 Å². The lowest BCUT2D eigenvalue weighted by Crippen LogP contribution is -2.41. The SMILES string of the molecule is CCN(CC)C(=O)CN(CCOC)Cc1ccc(F)cc1Cl. The Bertz CT molecular complexity index is 481. The van der Waals surface area contributed by atoms with Crippen LogP contribution in [-0.2, 0) is 16.1 Å². The van der Waals surface area contributed by atoms with Crippen LogP contribution >= 0.6 is 11.6 Å². The van der Waals surface area contributed by atoms with E-state index in [1.807, 2.05) is 18.7 Å². The van der Waals surface area contributed by atoms with Crippen LogP contribution in [0, 0.1) is 5.82 Å². The molecule has 0 radical (unpaired) electrons. The van der Waals surface area contributed by atoms with Crippen molar-refractivity contribution in [1.82, 2.24) is 9.80 Å². The van der Waals surface area contributed by atoms with E-state index in [0.717, 1.165) is 5.56 Å². The molecule has 124 valence electrons. The number of hydrogen-bond acceptors (Lipinski definition) is 3. The van der Waals surface area contributed by atoms with Crippen LogP contribution in [0.5, 0.6) is 0 Å². The van der Waals surface area contributed by atoms with Gasteiger partial charge in [0.15, 0.2) is 0 Å². The van der Waals surface area contributed by atoms with Crippen molar-refractivity contribution in [1.29, 1.82) is 0 Å². The first-order valence-corrected chi connectivity index (χ1v) is 7.82. The second-order valence-electron chi connectivity index (χ2n) is 5.01. The molecule has 1 aromatic rings. The molecule has 0 aromatic heterocycles. The molecule has 0 N–H and O–H groups in total. The van der Waals surface area contributed by atoms with Crippen molar-refractivity contribution in [3.63, 3.8) is 0 Å². The van der Waals surface area contributed by atoms with Gasteiger partial charge in [-0.25, -0.2) is 4.39 Å². The first-order valence-electron chi connectivity index (χ1n) is 7.44. The number of methoxy groups -OCH3 is 1. The van der Waals surface area contributed by atoms with Gasteiger partial charge in [0, 0.05) is 38.3 Å². The molecule has 0 saturated carbocycles. The molecule has 0 spiro atoms. The van der Waals surface area contributed by atoms with E-state index in [1.165, 1.54) is 12.1 Å². The van der Waals surface area contributed by atoms with Crippen LogP contribution < -0.4 is 0 Å². The van der Waals surface area contributed by atoms with E-state index in [0.29, 0.717) is 44.4 Å². The fourth-order valence-corrected chi connectivity index (χ4v) is 2.42. The van der Waals surface area contributed by atoms with E-state index in [-0.39, 0.29) is 11.7 Å². The standard InChI is InChI=1S/C16H24ClFN2O2/c1-4-20(5-2)16(21)12-19(8-9-22-3)11-13-6-7-14(18)10-15(13)17/h6-7,10H,4-5,8-9,11-12H2,1-3H3. The Morgan fingerprint density at radius 1 is 1.32 bits per heavy atom. The Morgan fingerprint density at radius 3 is 2.55 bits per heavy atom. The third-order valence-electron chi connectivity index (χ3n) is 3.50. The second kappa shape index (κ2) is 9.77. The van der Waals surface area contributed by atoms with Gasteiger partial charge in [-0.05, 0) is 31.5 Å². The highest BCUT2D eigenvalue weighted by atomic mass is 35.5. The van der Waals surface area contributed by atoms with E-state index in [4.69, 9.17) is 16.3 Å². The number of ether oxygens (including phenoxy) is 1. The Labute approximate surface area is 136 Å². The Morgan fingerprint density at radius 2 is 2.00 bits per heavy atom. The highest BCUT2D eigenvalue weighted by Crippen LogP contribution is 2.19. The van der Waals surface area contributed by atoms with Crippen molar-refractivity contribution in [3.8, 4) is 0 Å². The molecule has 0 saturated heterocycles. The first-order chi connectivity index (χ1) is 10.5. The fourth-order valence-electron chi connectivity index (χ4n) is 2.19. The maximum atomic E-state index is 13.1. The van der Waals surface area contributed by atoms with Gasteiger partial charge in [0.25, 0.3) is 0 Å². The number of nitrogens with zero attached hydrogens (tertiary/aromatic N) is 2. The number of likely N-dealkylation sites (N-methyl/N-ethyl adjacent to an activating group) is 1. The molecule has 0 unspecified atom stereocenters. The largest absolute Gasteiger partial charge is 0.383 e. The number of benzene rings is 1. The third kappa shape index (κ3) is 5.91. The number of amides is 1. The molecule has 0 fully saturated rings. The summed E-state index contributed by atoms with van der Waals surface area (Å²) >= 11 is 6.07. The molecule has 0 aliphatic heterocycles. The minimum absolute atomic E-state index is 0.0688. The van der Waals surface area contributed by atoms with Gasteiger partial charge < -0.3 is 9.64 Å². The van der Waals surface area contributed by atoms with Gasteiger partial charge in [0.05, 0.1) is 13.2 Å². The van der Waals surface area contributed by atoms with Gasteiger partial charge in [-0.15, -0.1) is 0 Å². The minimum Gasteiger partial charge on any atom is -0.383 e. The summed E-state index contributed by atoms with van der Waals surface area (Å²) in [4.78, 5) is 16.0. The predicted molar refractivity (Wildman–Crippen MR) is 86.5 cm³/mol. The quantitative estimate of drug-likeness (QED) is 0.698. The number of carbonyl (C=O) groups excluding carboxylic acids is 1. The van der Waals surface area contributed by atoms with Crippen LogP contribution in [0.4, 0.5) is 4.39 Å². The van der Waals surface area contributed by atoms with E-state index in [1.54, 1.807) is 18.1 Å². The van der Waals surface area contributed by atoms with Gasteiger partial charge in [0.2, 0.25) is 5.91 Å².